The van der Waals surface area contributed by atoms with Gasteiger partial charge in [0.25, 0.3) is 0 Å². The first-order valence-electron chi connectivity index (χ1n) is 13.7. The van der Waals surface area contributed by atoms with Crippen molar-refractivity contribution in [1.82, 2.24) is 14.8 Å². The third kappa shape index (κ3) is 8.31. The van der Waals surface area contributed by atoms with Crippen molar-refractivity contribution >= 4 is 11.9 Å². The Morgan fingerprint density at radius 1 is 0.923 bits per heavy atom. The van der Waals surface area contributed by atoms with Crippen molar-refractivity contribution in [2.75, 3.05) is 66.7 Å². The van der Waals surface area contributed by atoms with Gasteiger partial charge >= 0.3 is 11.9 Å². The van der Waals surface area contributed by atoms with Crippen molar-refractivity contribution < 1.29 is 33.3 Å². The number of nitrogens with zero attached hydrogens (tertiary/aromatic N) is 3. The normalized spacial score (nSPS) is 23.1. The average molecular weight is 542 g/mol. The first-order valence-corrected chi connectivity index (χ1v) is 13.7. The van der Waals surface area contributed by atoms with Crippen LogP contribution in [0.25, 0.3) is 0 Å². The van der Waals surface area contributed by atoms with Gasteiger partial charge in [-0.25, -0.2) is 9.59 Å². The maximum atomic E-state index is 12.8. The van der Waals surface area contributed by atoms with Crippen LogP contribution in [0.3, 0.4) is 0 Å². The van der Waals surface area contributed by atoms with E-state index < -0.39 is 5.97 Å². The zero-order valence-electron chi connectivity index (χ0n) is 22.9. The molecule has 39 heavy (non-hydrogen) atoms. The van der Waals surface area contributed by atoms with Gasteiger partial charge in [0.15, 0.2) is 11.5 Å². The van der Waals surface area contributed by atoms with Gasteiger partial charge in [-0.05, 0) is 69.5 Å². The SMILES string of the molecule is COc1cc2cc(c1OC)OCCCC(OC(=O)c1cccnc1)CCN1CCCN(CCCOC2=O)CC1. The second-order valence-electron chi connectivity index (χ2n) is 9.78. The molecule has 0 saturated carbocycles. The Morgan fingerprint density at radius 3 is 2.44 bits per heavy atom. The van der Waals surface area contributed by atoms with Crippen LogP contribution in [0, 0.1) is 0 Å². The van der Waals surface area contributed by atoms with Gasteiger partial charge in [0.05, 0.1) is 38.6 Å². The highest BCUT2D eigenvalue weighted by Crippen LogP contribution is 2.38. The smallest absolute Gasteiger partial charge is 0.339 e. The third-order valence-corrected chi connectivity index (χ3v) is 7.08. The summed E-state index contributed by atoms with van der Waals surface area (Å²) in [5, 5.41) is 0. The van der Waals surface area contributed by atoms with Crippen molar-refractivity contribution in [2.24, 2.45) is 0 Å². The summed E-state index contributed by atoms with van der Waals surface area (Å²) in [4.78, 5) is 34.5. The number of cyclic esters (lactones) is 1. The summed E-state index contributed by atoms with van der Waals surface area (Å²) in [7, 11) is 3.04. The molecule has 212 valence electrons. The largest absolute Gasteiger partial charge is 0.493 e. The van der Waals surface area contributed by atoms with Crippen LogP contribution in [0.2, 0.25) is 0 Å². The molecule has 0 amide bonds. The first kappa shape index (κ1) is 28.6. The quantitative estimate of drug-likeness (QED) is 0.535. The monoisotopic (exact) mass is 541 g/mol. The molecule has 1 aromatic carbocycles. The molecule has 10 nitrogen and oxygen atoms in total. The number of benzene rings is 1. The number of esters is 2. The standard InChI is InChI=1S/C29H39N3O7/c1-35-25-19-23-20-26(27(25)36-2)37-17-4-8-24(39-29(34)22-7-3-10-30-21-22)9-14-32-12-5-11-31(15-16-32)13-6-18-38-28(23)33/h3,7,10,19-21,24H,4-6,8-9,11-18H2,1-2H3. The number of ether oxygens (including phenoxy) is 5. The Hall–Kier alpha value is -3.37. The Kier molecular flexibility index (Phi) is 10.8. The van der Waals surface area contributed by atoms with Crippen molar-refractivity contribution in [2.45, 2.75) is 38.2 Å². The van der Waals surface area contributed by atoms with E-state index in [1.807, 2.05) is 0 Å². The Bertz CT molecular complexity index is 1080. The molecule has 1 fully saturated rings. The lowest BCUT2D eigenvalue weighted by molar-refractivity contribution is 0.0221. The zero-order valence-corrected chi connectivity index (χ0v) is 22.9. The molecule has 3 atom stereocenters. The molecule has 3 heterocycles. The van der Waals surface area contributed by atoms with Crippen molar-refractivity contribution in [3.63, 3.8) is 0 Å². The fourth-order valence-corrected chi connectivity index (χ4v) is 4.95. The highest BCUT2D eigenvalue weighted by molar-refractivity contribution is 5.91. The van der Waals surface area contributed by atoms with Gasteiger partial charge < -0.3 is 33.5 Å². The first-order chi connectivity index (χ1) is 19.1. The lowest BCUT2D eigenvalue weighted by Crippen LogP contribution is -2.34. The Morgan fingerprint density at radius 2 is 1.69 bits per heavy atom. The minimum Gasteiger partial charge on any atom is -0.493 e. The number of pyridine rings is 1. The number of methoxy groups -OCH3 is 2. The summed E-state index contributed by atoms with van der Waals surface area (Å²) in [6.45, 7) is 6.34. The molecule has 0 radical (unpaired) electrons. The van der Waals surface area contributed by atoms with E-state index in [1.54, 1.807) is 30.5 Å². The Labute approximate surface area is 230 Å². The maximum absolute atomic E-state index is 12.8. The summed E-state index contributed by atoms with van der Waals surface area (Å²) in [6, 6.07) is 6.67. The van der Waals surface area contributed by atoms with Crippen LogP contribution in [0.15, 0.2) is 36.7 Å². The van der Waals surface area contributed by atoms with Crippen molar-refractivity contribution in [1.29, 1.82) is 0 Å². The average Bonchev–Trinajstić information content (AvgIpc) is 3.20. The zero-order chi connectivity index (χ0) is 27.5. The minimum absolute atomic E-state index is 0.263. The van der Waals surface area contributed by atoms with Crippen LogP contribution in [0.4, 0.5) is 0 Å². The molecule has 1 aromatic heterocycles. The van der Waals surface area contributed by atoms with Crippen LogP contribution in [0.5, 0.6) is 17.2 Å². The van der Waals surface area contributed by atoms with Gasteiger partial charge in [-0.15, -0.1) is 0 Å². The number of fused-ring (bicyclic) bond motifs is 5. The molecule has 4 rings (SSSR count). The number of hydrogen-bond acceptors (Lipinski definition) is 10. The van der Waals surface area contributed by atoms with Gasteiger partial charge in [0.1, 0.15) is 6.10 Å². The number of rotatable bonds is 4. The van der Waals surface area contributed by atoms with Gasteiger partial charge in [-0.3, -0.25) is 4.98 Å². The van der Waals surface area contributed by atoms with Crippen LogP contribution in [-0.4, -0.2) is 99.5 Å². The topological polar surface area (TPSA) is 99.7 Å². The van der Waals surface area contributed by atoms with Gasteiger partial charge in [-0.1, -0.05) is 0 Å². The molecule has 1 saturated heterocycles. The van der Waals surface area contributed by atoms with E-state index in [4.69, 9.17) is 23.7 Å². The van der Waals surface area contributed by atoms with Crippen LogP contribution < -0.4 is 14.2 Å². The molecule has 10 heteroatoms. The third-order valence-electron chi connectivity index (χ3n) is 7.08. The van der Waals surface area contributed by atoms with Crippen LogP contribution in [-0.2, 0) is 9.47 Å². The van der Waals surface area contributed by atoms with E-state index in [-0.39, 0.29) is 12.1 Å². The summed E-state index contributed by atoms with van der Waals surface area (Å²) < 4.78 is 28.5. The molecule has 3 unspecified atom stereocenters. The number of carbonyl (C=O) groups excluding carboxylic acids is 2. The second kappa shape index (κ2) is 14.7. The molecule has 4 bridgehead atoms. The van der Waals surface area contributed by atoms with Gasteiger partial charge in [0, 0.05) is 38.6 Å². The number of hydrogen-bond donors (Lipinski definition) is 0. The Balaban J connectivity index is 1.50. The summed E-state index contributed by atoms with van der Waals surface area (Å²) in [6.07, 6.45) is 6.73. The van der Waals surface area contributed by atoms with Crippen molar-refractivity contribution in [3.05, 3.63) is 47.8 Å². The molecule has 0 N–H and O–H groups in total. The summed E-state index contributed by atoms with van der Waals surface area (Å²) in [5.74, 6) is 0.407. The maximum Gasteiger partial charge on any atom is 0.339 e. The molecule has 2 aliphatic heterocycles. The summed E-state index contributed by atoms with van der Waals surface area (Å²) >= 11 is 0. The van der Waals surface area contributed by atoms with Gasteiger partial charge in [0.2, 0.25) is 5.75 Å². The summed E-state index contributed by atoms with van der Waals surface area (Å²) in [5.41, 5.74) is 0.782. The molecule has 0 spiro atoms. The van der Waals surface area contributed by atoms with Crippen molar-refractivity contribution in [3.8, 4) is 17.2 Å². The molecule has 2 aliphatic rings. The fourth-order valence-electron chi connectivity index (χ4n) is 4.95. The fraction of sp³-hybridized carbons (Fsp3) is 0.552. The highest BCUT2D eigenvalue weighted by atomic mass is 16.5. The lowest BCUT2D eigenvalue weighted by atomic mass is 10.1. The van der Waals surface area contributed by atoms with E-state index in [2.05, 4.69) is 14.8 Å². The predicted octanol–water partition coefficient (Wildman–Crippen LogP) is 3.44. The molecular formula is C29H39N3O7. The molecular weight excluding hydrogens is 502 g/mol. The van der Waals surface area contributed by atoms with Crippen LogP contribution in [0.1, 0.15) is 52.8 Å². The van der Waals surface area contributed by atoms with E-state index in [9.17, 15) is 9.59 Å². The van der Waals surface area contributed by atoms with E-state index in [1.165, 1.54) is 20.4 Å². The molecule has 2 aromatic rings. The van der Waals surface area contributed by atoms with E-state index in [0.29, 0.717) is 54.4 Å². The minimum atomic E-state index is -0.428. The number of aromatic nitrogens is 1. The second-order valence-corrected chi connectivity index (χ2v) is 9.78. The predicted molar refractivity (Wildman–Crippen MR) is 145 cm³/mol. The molecule has 0 aliphatic carbocycles. The van der Waals surface area contributed by atoms with Gasteiger partial charge in [-0.2, -0.15) is 0 Å². The highest BCUT2D eigenvalue weighted by Gasteiger charge is 2.22. The van der Waals surface area contributed by atoms with E-state index in [0.717, 1.165) is 58.5 Å². The van der Waals surface area contributed by atoms with Crippen LogP contribution >= 0.6 is 0 Å². The van der Waals surface area contributed by atoms with E-state index >= 15 is 0 Å². The number of carbonyl (C=O) groups is 2. The lowest BCUT2D eigenvalue weighted by Gasteiger charge is -2.24.